The van der Waals surface area contributed by atoms with Crippen LogP contribution in [-0.4, -0.2) is 245 Å². The van der Waals surface area contributed by atoms with E-state index in [0.29, 0.717) is 116 Å². The van der Waals surface area contributed by atoms with Gasteiger partial charge in [0.05, 0.1) is 124 Å². The number of aliphatic hydroxyl groups is 3. The SMILES string of the molecule is CC(=O)OCCOCC1CC2C=CC1C2.CC(C)(O)C1CC2C=CC1C2.CCCOCCC1CC2C=CC1C2.COC(C)CCOCC1CC2C=CC1C2.COCCCOCC1CC2C=CC1C2.COCCOCCOCC1CC2C=CC1C2.COCCOCCOCCOCC1CC2C=CC1C2.OC(CC1CC2C=CC1C2)(C(F)(F)F)C(F)(F)F.OCCOCC1CC2C=CC1C2. The van der Waals surface area contributed by atoms with E-state index in [1.807, 2.05) is 19.9 Å². The Balaban J connectivity index is 0.000000156. The molecule has 0 amide bonds. The number of rotatable bonds is 48. The quantitative estimate of drug-likeness (QED) is 0.0223. The highest BCUT2D eigenvalue weighted by atomic mass is 19.4. The molecule has 0 saturated heterocycles. The van der Waals surface area contributed by atoms with E-state index in [1.54, 1.807) is 34.5 Å². The predicted molar refractivity (Wildman–Crippen MR) is 506 cm³/mol. The van der Waals surface area contributed by atoms with Crippen LogP contribution in [0.3, 0.4) is 0 Å². The van der Waals surface area contributed by atoms with Gasteiger partial charge in [-0.1, -0.05) is 116 Å². The number of hydrogen-bond donors (Lipinski definition) is 3. The summed E-state index contributed by atoms with van der Waals surface area (Å²) in [7, 11) is 6.85. The van der Waals surface area contributed by atoms with Gasteiger partial charge in [-0.2, -0.15) is 26.3 Å². The number of methoxy groups -OCH3 is 4. The van der Waals surface area contributed by atoms with Crippen molar-refractivity contribution in [3.05, 3.63) is 109 Å². The Bertz CT molecular complexity index is 3490. The fourth-order valence-corrected chi connectivity index (χ4v) is 24.1. The molecule has 9 saturated carbocycles. The molecular formula is C108H172F6O19. The number of ether oxygens (including phenoxy) is 15. The minimum atomic E-state index is -5.70. The highest BCUT2D eigenvalue weighted by Crippen LogP contribution is 2.55. The lowest BCUT2D eigenvalue weighted by atomic mass is 9.81. The summed E-state index contributed by atoms with van der Waals surface area (Å²) >= 11 is 0. The number of halogens is 6. The molecule has 0 heterocycles. The number of alkyl halides is 6. The molecule has 18 rings (SSSR count). The summed E-state index contributed by atoms with van der Waals surface area (Å²) in [4.78, 5) is 10.5. The summed E-state index contributed by atoms with van der Waals surface area (Å²) in [6, 6.07) is 0. The van der Waals surface area contributed by atoms with Crippen LogP contribution >= 0.6 is 0 Å². The van der Waals surface area contributed by atoms with Crippen LogP contribution in [0.5, 0.6) is 0 Å². The lowest BCUT2D eigenvalue weighted by Crippen LogP contribution is -2.58. The largest absolute Gasteiger partial charge is 0.463 e. The molecule has 25 heteroatoms. The zero-order chi connectivity index (χ0) is 95.0. The lowest BCUT2D eigenvalue weighted by Gasteiger charge is -2.35. The van der Waals surface area contributed by atoms with Gasteiger partial charge in [-0.15, -0.1) is 0 Å². The summed E-state index contributed by atoms with van der Waals surface area (Å²) < 4.78 is 155. The standard InChI is InChI=1S/C15H26O4.C13H22O3.C13H22O2.C12H18O3.C12H20O2.C12H20O.C11H12F6O.C10H16O2.C10H16O/c1-16-4-5-17-6-7-18-8-9-19-12-15-11-13-2-3-14(15)10-13;1-14-4-5-15-6-7-16-10-13-9-11-2-3-12(13)8-11;1-10(14-2)5-6-15-9-13-8-11-3-4-12(13)7-11;1-9(13)15-5-4-14-8-12-7-10-2-3-11(12)6-10;1-13-5-2-6-14-9-12-8-10-3-4-11(12)7-10;1-2-6-13-7-5-12-9-10-3-4-11(12)8-10;12-10(13,14)9(18,11(15,16)17)5-8-4-6-1-2-7(8)3-6;11-3-4-12-7-10-6-8-1-2-9(10)5-8;1-10(2,11)9-6-7-3-4-8(9)5-7/h2-3,13-15H,4-12H2,1H3;2-3,11-13H,4-10H2,1H3;3-4,10-13H,5-9H2,1-2H3;2-3,10-12H,4-8H2,1H3;3-4,10-12H,2,5-9H2,1H3;3-4,10-12H,2,5-9H2,1H3;1-2,6-8,18H,3-5H2;1-2,8-11H,3-7H2;3-4,7-9,11H,5-6H2,1-2H3. The molecule has 0 aromatic carbocycles. The van der Waals surface area contributed by atoms with Gasteiger partial charge in [0.15, 0.2) is 0 Å². The van der Waals surface area contributed by atoms with E-state index in [9.17, 15) is 36.2 Å². The first-order valence-electron chi connectivity index (χ1n) is 51.4. The first-order valence-corrected chi connectivity index (χ1v) is 51.4. The van der Waals surface area contributed by atoms with Crippen LogP contribution in [0.2, 0.25) is 0 Å². The third-order valence-electron chi connectivity index (χ3n) is 31.4. The third-order valence-corrected chi connectivity index (χ3v) is 31.4. The average Bonchev–Trinajstić information content (AvgIpc) is 1.49. The van der Waals surface area contributed by atoms with E-state index < -0.39 is 35.9 Å². The number of hydrogen-bond acceptors (Lipinski definition) is 19. The van der Waals surface area contributed by atoms with Gasteiger partial charge in [0, 0.05) is 81.6 Å². The van der Waals surface area contributed by atoms with E-state index in [-0.39, 0.29) is 30.8 Å². The van der Waals surface area contributed by atoms with Gasteiger partial charge in [-0.3, -0.25) is 4.79 Å². The molecule has 0 radical (unpaired) electrons. The molecule has 18 bridgehead atoms. The zero-order valence-corrected chi connectivity index (χ0v) is 82.1. The van der Waals surface area contributed by atoms with Crippen molar-refractivity contribution in [3.63, 3.8) is 0 Å². The van der Waals surface area contributed by atoms with Gasteiger partial charge in [-0.25, -0.2) is 0 Å². The summed E-state index contributed by atoms with van der Waals surface area (Å²) in [6.07, 6.45) is 55.6. The molecule has 18 aliphatic carbocycles. The molecule has 0 aromatic heterocycles. The Kier molecular flexibility index (Phi) is 48.8. The molecular weight excluding hydrogens is 1720 g/mol. The molecule has 19 nitrogen and oxygen atoms in total. The van der Waals surface area contributed by atoms with Crippen molar-refractivity contribution in [2.24, 2.45) is 160 Å². The number of carbonyl (C=O) groups is 1. The fourth-order valence-electron chi connectivity index (χ4n) is 24.1. The van der Waals surface area contributed by atoms with E-state index >= 15 is 0 Å². The first-order chi connectivity index (χ1) is 64.2. The van der Waals surface area contributed by atoms with Crippen LogP contribution in [0.15, 0.2) is 109 Å². The van der Waals surface area contributed by atoms with Gasteiger partial charge >= 0.3 is 18.3 Å². The number of esters is 1. The van der Waals surface area contributed by atoms with Gasteiger partial charge < -0.3 is 86.4 Å². The maximum absolute atomic E-state index is 12.5. The minimum Gasteiger partial charge on any atom is -0.463 e. The average molecular weight is 1890 g/mol. The predicted octanol–water partition coefficient (Wildman–Crippen LogP) is 20.1. The van der Waals surface area contributed by atoms with Crippen LogP contribution in [0.1, 0.15) is 182 Å². The molecule has 760 valence electrons. The number of carbonyl (C=O) groups excluding carboxylic acids is 1. The molecule has 0 spiro atoms. The van der Waals surface area contributed by atoms with Gasteiger partial charge in [0.1, 0.15) is 6.61 Å². The molecule has 0 aliphatic heterocycles. The first kappa shape index (κ1) is 111. The molecule has 133 heavy (non-hydrogen) atoms. The number of fused-ring (bicyclic) bond motifs is 18. The highest BCUT2D eigenvalue weighted by molar-refractivity contribution is 5.65. The van der Waals surface area contributed by atoms with Crippen molar-refractivity contribution in [3.8, 4) is 0 Å². The van der Waals surface area contributed by atoms with Crippen molar-refractivity contribution in [2.75, 3.05) is 194 Å². The number of aliphatic hydroxyl groups excluding tert-OH is 1. The molecule has 0 aromatic rings. The van der Waals surface area contributed by atoms with Crippen molar-refractivity contribution in [1.82, 2.24) is 0 Å². The normalized spacial score (nSPS) is 33.8. The topological polar surface area (TPSA) is 216 Å². The Morgan fingerprint density at radius 1 is 0.331 bits per heavy atom. The van der Waals surface area contributed by atoms with Crippen LogP contribution < -0.4 is 0 Å². The van der Waals surface area contributed by atoms with Gasteiger partial charge in [0.25, 0.3) is 5.60 Å². The molecule has 3 N–H and O–H groups in total. The monoisotopic (exact) mass is 1890 g/mol. The highest BCUT2D eigenvalue weighted by Gasteiger charge is 2.71. The number of allylic oxidation sites excluding steroid dienone is 18. The summed E-state index contributed by atoms with van der Waals surface area (Å²) in [5.41, 5.74) is -5.06. The summed E-state index contributed by atoms with van der Waals surface area (Å²) in [6.45, 7) is 27.5. The van der Waals surface area contributed by atoms with Crippen LogP contribution in [0.25, 0.3) is 0 Å². The smallest absolute Gasteiger partial charge is 0.426 e. The summed E-state index contributed by atoms with van der Waals surface area (Å²) in [5.74, 6) is 17.8. The van der Waals surface area contributed by atoms with Gasteiger partial charge in [0.2, 0.25) is 0 Å². The third kappa shape index (κ3) is 37.1. The summed E-state index contributed by atoms with van der Waals surface area (Å²) in [5, 5.41) is 27.4. The molecule has 28 unspecified atom stereocenters. The van der Waals surface area contributed by atoms with E-state index in [1.165, 1.54) is 116 Å². The Morgan fingerprint density at radius 3 is 0.887 bits per heavy atom. The second-order valence-corrected chi connectivity index (χ2v) is 41.8. The molecule has 28 atom stereocenters. The Morgan fingerprint density at radius 2 is 0.617 bits per heavy atom. The van der Waals surface area contributed by atoms with Gasteiger partial charge in [-0.05, 0) is 328 Å². The second kappa shape index (κ2) is 58.4. The van der Waals surface area contributed by atoms with Crippen molar-refractivity contribution >= 4 is 5.97 Å². The Hall–Kier alpha value is -3.97. The van der Waals surface area contributed by atoms with E-state index in [2.05, 4.69) is 111 Å². The second-order valence-electron chi connectivity index (χ2n) is 41.8. The lowest BCUT2D eigenvalue weighted by molar-refractivity contribution is -0.373. The van der Waals surface area contributed by atoms with Crippen molar-refractivity contribution in [2.45, 2.75) is 212 Å². The van der Waals surface area contributed by atoms with Crippen molar-refractivity contribution < 1.29 is 118 Å². The molecule has 18 aliphatic rings. The van der Waals surface area contributed by atoms with Crippen molar-refractivity contribution in [1.29, 1.82) is 0 Å². The molecule has 9 fully saturated rings. The van der Waals surface area contributed by atoms with Crippen LogP contribution in [-0.2, 0) is 75.8 Å². The maximum atomic E-state index is 12.5. The fraction of sp³-hybridized carbons (Fsp3) is 0.824. The van der Waals surface area contributed by atoms with Crippen LogP contribution in [0.4, 0.5) is 26.3 Å². The Labute approximate surface area is 794 Å². The van der Waals surface area contributed by atoms with E-state index in [4.69, 9.17) is 81.3 Å². The minimum absolute atomic E-state index is 0.0608. The maximum Gasteiger partial charge on any atom is 0.426 e. The van der Waals surface area contributed by atoms with Crippen LogP contribution in [0, 0.1) is 160 Å². The van der Waals surface area contributed by atoms with E-state index in [0.717, 1.165) is 216 Å². The zero-order valence-electron chi connectivity index (χ0n) is 82.1.